The average molecular weight is 563 g/mol. The zero-order valence-corrected chi connectivity index (χ0v) is 24.5. The van der Waals surface area contributed by atoms with Gasteiger partial charge in [-0.05, 0) is 39.2 Å². The second-order valence-corrected chi connectivity index (χ2v) is 10.6. The lowest BCUT2D eigenvalue weighted by Gasteiger charge is -2.34. The van der Waals surface area contributed by atoms with Crippen LogP contribution in [0.25, 0.3) is 0 Å². The number of hydrogen-bond acceptors (Lipinski definition) is 7. The van der Waals surface area contributed by atoms with E-state index in [0.29, 0.717) is 12.0 Å². The molecule has 11 heteroatoms. The number of primary amides is 1. The first-order valence-corrected chi connectivity index (χ1v) is 13.9. The molecule has 0 aromatic heterocycles. The number of carbonyl (C=O) groups excluding carboxylic acids is 5. The van der Waals surface area contributed by atoms with Crippen LogP contribution in [0.1, 0.15) is 90.7 Å². The molecule has 0 saturated heterocycles. The molecular formula is C29H46N4O7. The fraction of sp³-hybridized carbons (Fsp3) is 0.621. The number of nitrogens with one attached hydrogen (secondary N) is 2. The number of methoxy groups -OCH3 is 1. The molecule has 0 spiro atoms. The van der Waals surface area contributed by atoms with E-state index >= 15 is 0 Å². The number of unbranched alkanes of at least 4 members (excludes halogenated alkanes) is 5. The van der Waals surface area contributed by atoms with Gasteiger partial charge < -0.3 is 30.7 Å². The number of ether oxygens (including phenoxy) is 2. The summed E-state index contributed by atoms with van der Waals surface area (Å²) in [5.41, 5.74) is 5.06. The van der Waals surface area contributed by atoms with Crippen LogP contribution in [0, 0.1) is 0 Å². The highest BCUT2D eigenvalue weighted by molar-refractivity contribution is 5.93. The highest BCUT2D eigenvalue weighted by atomic mass is 16.6. The van der Waals surface area contributed by atoms with E-state index < -0.39 is 47.5 Å². The van der Waals surface area contributed by atoms with Crippen molar-refractivity contribution in [2.75, 3.05) is 20.2 Å². The Hall–Kier alpha value is -3.63. The molecule has 2 unspecified atom stereocenters. The number of rotatable bonds is 17. The van der Waals surface area contributed by atoms with Gasteiger partial charge in [-0.1, -0.05) is 69.4 Å². The maximum Gasteiger partial charge on any atom is 0.408 e. The summed E-state index contributed by atoms with van der Waals surface area (Å²) in [5, 5.41) is 5.12. The molecule has 1 rings (SSSR count). The van der Waals surface area contributed by atoms with Crippen LogP contribution >= 0.6 is 0 Å². The van der Waals surface area contributed by atoms with Gasteiger partial charge in [0.05, 0.1) is 7.11 Å². The number of esters is 1. The number of nitrogens with zero attached hydrogens (tertiary/aromatic N) is 1. The molecule has 11 nitrogen and oxygen atoms in total. The summed E-state index contributed by atoms with van der Waals surface area (Å²) in [5.74, 6) is -2.42. The molecule has 4 N–H and O–H groups in total. The van der Waals surface area contributed by atoms with Gasteiger partial charge >= 0.3 is 12.1 Å². The van der Waals surface area contributed by atoms with Crippen molar-refractivity contribution in [1.82, 2.24) is 15.5 Å². The second kappa shape index (κ2) is 17.9. The van der Waals surface area contributed by atoms with E-state index in [1.807, 2.05) is 0 Å². The van der Waals surface area contributed by atoms with Gasteiger partial charge in [-0.2, -0.15) is 0 Å². The van der Waals surface area contributed by atoms with Crippen molar-refractivity contribution in [2.24, 2.45) is 5.73 Å². The molecule has 0 radical (unpaired) electrons. The number of carbonyl (C=O) groups is 5. The highest BCUT2D eigenvalue weighted by Gasteiger charge is 2.36. The molecule has 0 aliphatic heterocycles. The first-order valence-electron chi connectivity index (χ1n) is 13.9. The second-order valence-electron chi connectivity index (χ2n) is 10.6. The van der Waals surface area contributed by atoms with Gasteiger partial charge in [-0.15, -0.1) is 0 Å². The zero-order chi connectivity index (χ0) is 30.1. The van der Waals surface area contributed by atoms with E-state index in [1.54, 1.807) is 51.1 Å². The van der Waals surface area contributed by atoms with Crippen molar-refractivity contribution in [3.05, 3.63) is 35.9 Å². The smallest absolute Gasteiger partial charge is 0.408 e. The quantitative estimate of drug-likeness (QED) is 0.194. The molecule has 0 aliphatic carbocycles. The van der Waals surface area contributed by atoms with E-state index in [-0.39, 0.29) is 25.9 Å². The maximum atomic E-state index is 14.1. The van der Waals surface area contributed by atoms with Crippen LogP contribution in [0.3, 0.4) is 0 Å². The lowest BCUT2D eigenvalue weighted by Crippen LogP contribution is -2.53. The third-order valence-electron chi connectivity index (χ3n) is 6.01. The third-order valence-corrected chi connectivity index (χ3v) is 6.01. The number of hydrogen-bond donors (Lipinski definition) is 3. The van der Waals surface area contributed by atoms with Crippen LogP contribution in [0.4, 0.5) is 4.79 Å². The van der Waals surface area contributed by atoms with Crippen molar-refractivity contribution >= 4 is 29.8 Å². The van der Waals surface area contributed by atoms with Crippen molar-refractivity contribution < 1.29 is 33.4 Å². The number of nitrogens with two attached hydrogens (primary N) is 1. The van der Waals surface area contributed by atoms with Crippen LogP contribution in [0.5, 0.6) is 0 Å². The van der Waals surface area contributed by atoms with Crippen LogP contribution < -0.4 is 16.4 Å². The fourth-order valence-corrected chi connectivity index (χ4v) is 4.06. The lowest BCUT2D eigenvalue weighted by atomic mass is 10.0. The van der Waals surface area contributed by atoms with E-state index in [2.05, 4.69) is 22.3 Å². The first-order chi connectivity index (χ1) is 18.9. The van der Waals surface area contributed by atoms with E-state index in [9.17, 15) is 24.0 Å². The molecule has 0 saturated carbocycles. The molecule has 2 atom stereocenters. The molecule has 0 aliphatic rings. The average Bonchev–Trinajstić information content (AvgIpc) is 2.89. The molecule has 40 heavy (non-hydrogen) atoms. The lowest BCUT2D eigenvalue weighted by molar-refractivity contribution is -0.145. The highest BCUT2D eigenvalue weighted by Crippen LogP contribution is 2.24. The number of benzene rings is 1. The Balaban J connectivity index is 3.40. The number of alkyl carbamates (subject to hydrolysis) is 1. The van der Waals surface area contributed by atoms with Crippen molar-refractivity contribution in [3.63, 3.8) is 0 Å². The monoisotopic (exact) mass is 562 g/mol. The summed E-state index contributed by atoms with van der Waals surface area (Å²) in [4.78, 5) is 64.9. The normalized spacial score (nSPS) is 12.5. The summed E-state index contributed by atoms with van der Waals surface area (Å²) < 4.78 is 9.99. The molecule has 0 fully saturated rings. The third kappa shape index (κ3) is 13.4. The van der Waals surface area contributed by atoms with Gasteiger partial charge in [0.25, 0.3) is 0 Å². The summed E-state index contributed by atoms with van der Waals surface area (Å²) in [6, 6.07) is 6.41. The molecular weight excluding hydrogens is 516 g/mol. The molecule has 224 valence electrons. The maximum absolute atomic E-state index is 14.1. The summed E-state index contributed by atoms with van der Waals surface area (Å²) in [6.07, 6.45) is 4.61. The summed E-state index contributed by atoms with van der Waals surface area (Å²) in [6.45, 7) is 7.03. The topological polar surface area (TPSA) is 157 Å². The Morgan fingerprint density at radius 3 is 2.17 bits per heavy atom. The van der Waals surface area contributed by atoms with Crippen LogP contribution in [0.2, 0.25) is 0 Å². The van der Waals surface area contributed by atoms with Crippen LogP contribution in [-0.4, -0.2) is 66.5 Å². The van der Waals surface area contributed by atoms with Crippen LogP contribution in [0.15, 0.2) is 30.3 Å². The Morgan fingerprint density at radius 2 is 1.60 bits per heavy atom. The molecule has 4 amide bonds. The molecule has 1 aromatic carbocycles. The molecule has 0 bridgehead atoms. The first kappa shape index (κ1) is 34.4. The van der Waals surface area contributed by atoms with Gasteiger partial charge in [0.1, 0.15) is 24.2 Å². The zero-order valence-electron chi connectivity index (χ0n) is 24.5. The largest absolute Gasteiger partial charge is 0.468 e. The van der Waals surface area contributed by atoms with Gasteiger partial charge in [-0.3, -0.25) is 19.2 Å². The van der Waals surface area contributed by atoms with Crippen molar-refractivity contribution in [2.45, 2.75) is 96.7 Å². The predicted molar refractivity (Wildman–Crippen MR) is 151 cm³/mol. The van der Waals surface area contributed by atoms with Gasteiger partial charge in [0.15, 0.2) is 0 Å². The molecule has 0 heterocycles. The van der Waals surface area contributed by atoms with Crippen molar-refractivity contribution in [3.8, 4) is 0 Å². The van der Waals surface area contributed by atoms with E-state index in [0.717, 1.165) is 32.1 Å². The van der Waals surface area contributed by atoms with Crippen LogP contribution in [-0.2, 0) is 28.7 Å². The SMILES string of the molecule is CCCCCCCCN(C(=O)C(CCC(N)=O)NC(=O)OC(C)(C)C)C(C(=O)NCC(=O)OC)c1ccccc1. The van der Waals surface area contributed by atoms with E-state index in [1.165, 1.54) is 12.0 Å². The van der Waals surface area contributed by atoms with Gasteiger partial charge in [0, 0.05) is 13.0 Å². The Bertz CT molecular complexity index is 963. The minimum atomic E-state index is -1.18. The van der Waals surface area contributed by atoms with Gasteiger partial charge in [-0.25, -0.2) is 4.79 Å². The molecule has 1 aromatic rings. The fourth-order valence-electron chi connectivity index (χ4n) is 4.06. The Morgan fingerprint density at radius 1 is 0.975 bits per heavy atom. The predicted octanol–water partition coefficient (Wildman–Crippen LogP) is 3.36. The van der Waals surface area contributed by atoms with Crippen molar-refractivity contribution in [1.29, 1.82) is 0 Å². The standard InChI is InChI=1S/C29H46N4O7/c1-6-7-8-9-10-14-19-33(25(21-15-12-11-13-16-21)26(36)31-20-24(35)39-5)27(37)22(17-18-23(30)34)32-28(38)40-29(2,3)4/h11-13,15-16,22,25H,6-10,14,17-20H2,1-5H3,(H2,30,34)(H,31,36)(H,32,38). The summed E-state index contributed by atoms with van der Waals surface area (Å²) >= 11 is 0. The van der Waals surface area contributed by atoms with Gasteiger partial charge in [0.2, 0.25) is 17.7 Å². The van der Waals surface area contributed by atoms with E-state index in [4.69, 9.17) is 10.5 Å². The summed E-state index contributed by atoms with van der Waals surface area (Å²) in [7, 11) is 1.21. The Labute approximate surface area is 237 Å². The Kier molecular flexibility index (Phi) is 15.4. The minimum absolute atomic E-state index is 0.0777. The minimum Gasteiger partial charge on any atom is -0.468 e. The number of amides is 4.